The van der Waals surface area contributed by atoms with Crippen LogP contribution in [0, 0.1) is 0 Å². The van der Waals surface area contributed by atoms with E-state index >= 15 is 0 Å². The lowest BCUT2D eigenvalue weighted by molar-refractivity contribution is -0.154. The Balaban J connectivity index is 2.35. The van der Waals surface area contributed by atoms with E-state index in [1.54, 1.807) is 43.3 Å². The molecule has 0 saturated heterocycles. The van der Waals surface area contributed by atoms with Crippen molar-refractivity contribution in [2.75, 3.05) is 12.9 Å². The van der Waals surface area contributed by atoms with E-state index in [4.69, 9.17) is 15.8 Å². The summed E-state index contributed by atoms with van der Waals surface area (Å²) in [4.78, 5) is 23.2. The number of hydrazone groups is 1. The van der Waals surface area contributed by atoms with Crippen molar-refractivity contribution >= 4 is 39.3 Å². The molecule has 8 nitrogen and oxygen atoms in total. The topological polar surface area (TPSA) is 111 Å². The van der Waals surface area contributed by atoms with Gasteiger partial charge in [0.15, 0.2) is 0 Å². The minimum atomic E-state index is -3.66. The van der Waals surface area contributed by atoms with E-state index in [1.165, 1.54) is 12.1 Å². The zero-order valence-corrected chi connectivity index (χ0v) is 16.6. The van der Waals surface area contributed by atoms with Gasteiger partial charge in [-0.25, -0.2) is 10.2 Å². The number of esters is 1. The van der Waals surface area contributed by atoms with Gasteiger partial charge in [-0.3, -0.25) is 4.79 Å². The maximum atomic E-state index is 11.8. The number of hydrogen-bond acceptors (Lipinski definition) is 7. The fourth-order valence-electron chi connectivity index (χ4n) is 2.10. The zero-order valence-electron chi connectivity index (χ0n) is 15.0. The van der Waals surface area contributed by atoms with E-state index in [9.17, 15) is 18.0 Å². The van der Waals surface area contributed by atoms with Gasteiger partial charge in [-0.05, 0) is 43.3 Å². The van der Waals surface area contributed by atoms with E-state index in [2.05, 4.69) is 15.3 Å². The first-order chi connectivity index (χ1) is 13.2. The Labute approximate surface area is 167 Å². The van der Waals surface area contributed by atoms with Crippen LogP contribution in [0.4, 0.5) is 0 Å². The third-order valence-electron chi connectivity index (χ3n) is 3.22. The maximum Gasteiger partial charge on any atom is 0.398 e. The summed E-state index contributed by atoms with van der Waals surface area (Å²) in [5.41, 5.74) is 3.60. The molecule has 28 heavy (non-hydrogen) atoms. The maximum absolute atomic E-state index is 11.8. The van der Waals surface area contributed by atoms with E-state index in [0.29, 0.717) is 21.9 Å². The molecule has 2 rings (SSSR count). The van der Waals surface area contributed by atoms with Crippen LogP contribution in [0.2, 0.25) is 5.02 Å². The molecular formula is C18H17ClN2O6S. The third kappa shape index (κ3) is 6.36. The van der Waals surface area contributed by atoms with Crippen molar-refractivity contribution in [2.24, 2.45) is 5.10 Å². The first kappa shape index (κ1) is 21.4. The van der Waals surface area contributed by atoms with Gasteiger partial charge in [-0.1, -0.05) is 23.7 Å². The van der Waals surface area contributed by atoms with Crippen LogP contribution in [0.5, 0.6) is 5.75 Å². The molecule has 1 amide bonds. The van der Waals surface area contributed by atoms with Gasteiger partial charge >= 0.3 is 22.0 Å². The highest BCUT2D eigenvalue weighted by molar-refractivity contribution is 7.86. The molecule has 0 aromatic heterocycles. The smallest absolute Gasteiger partial charge is 0.398 e. The van der Waals surface area contributed by atoms with Crippen molar-refractivity contribution in [2.45, 2.75) is 6.92 Å². The number of halogens is 1. The molecule has 148 valence electrons. The quantitative estimate of drug-likeness (QED) is 0.250. The van der Waals surface area contributed by atoms with Gasteiger partial charge in [0.25, 0.3) is 0 Å². The Morgan fingerprint density at radius 1 is 1.04 bits per heavy atom. The summed E-state index contributed by atoms with van der Waals surface area (Å²) < 4.78 is 31.8. The van der Waals surface area contributed by atoms with Crippen LogP contribution in [0.25, 0.3) is 0 Å². The molecular weight excluding hydrogens is 408 g/mol. The van der Waals surface area contributed by atoms with Crippen molar-refractivity contribution in [3.05, 3.63) is 64.7 Å². The Morgan fingerprint density at radius 2 is 1.57 bits per heavy atom. The predicted molar refractivity (Wildman–Crippen MR) is 104 cm³/mol. The third-order valence-corrected chi connectivity index (χ3v) is 3.97. The lowest BCUT2D eigenvalue weighted by Gasteiger charge is -2.09. The van der Waals surface area contributed by atoms with Crippen molar-refractivity contribution in [3.8, 4) is 5.75 Å². The highest BCUT2D eigenvalue weighted by Crippen LogP contribution is 2.18. The van der Waals surface area contributed by atoms with Crippen LogP contribution >= 0.6 is 11.6 Å². The summed E-state index contributed by atoms with van der Waals surface area (Å²) in [6, 6.07) is 12.6. The number of benzene rings is 2. The van der Waals surface area contributed by atoms with E-state index in [1.807, 2.05) is 0 Å². The molecule has 0 unspecified atom stereocenters. The largest absolute Gasteiger partial charge is 0.459 e. The first-order valence-electron chi connectivity index (χ1n) is 8.00. The minimum Gasteiger partial charge on any atom is -0.459 e. The normalized spacial score (nSPS) is 11.6. The number of amides is 1. The van der Waals surface area contributed by atoms with E-state index in [0.717, 1.165) is 6.26 Å². The molecule has 0 bridgehead atoms. The zero-order chi connectivity index (χ0) is 20.7. The van der Waals surface area contributed by atoms with Gasteiger partial charge < -0.3 is 8.92 Å². The number of hydrogen-bond donors (Lipinski definition) is 1. The number of nitrogens with zero attached hydrogens (tertiary/aromatic N) is 1. The van der Waals surface area contributed by atoms with Crippen LogP contribution in [-0.4, -0.2) is 38.9 Å². The molecule has 0 saturated carbocycles. The van der Waals surface area contributed by atoms with Crippen LogP contribution in [0.1, 0.15) is 18.1 Å². The SMILES string of the molecule is CCOC(=O)C(=O)NN=C(c1ccc(Cl)cc1)c1ccc(OS(C)(=O)=O)cc1. The van der Waals surface area contributed by atoms with Gasteiger partial charge in [0.05, 0.1) is 18.6 Å². The summed E-state index contributed by atoms with van der Waals surface area (Å²) in [7, 11) is -3.66. The Morgan fingerprint density at radius 3 is 2.07 bits per heavy atom. The molecule has 0 heterocycles. The van der Waals surface area contributed by atoms with Crippen LogP contribution in [-0.2, 0) is 24.4 Å². The number of carbonyl (C=O) groups is 2. The van der Waals surface area contributed by atoms with Crippen molar-refractivity contribution in [1.82, 2.24) is 5.43 Å². The summed E-state index contributed by atoms with van der Waals surface area (Å²) in [6.45, 7) is 1.63. The molecule has 0 aliphatic heterocycles. The molecule has 0 spiro atoms. The van der Waals surface area contributed by atoms with Crippen molar-refractivity contribution in [1.29, 1.82) is 0 Å². The second kappa shape index (κ2) is 9.34. The summed E-state index contributed by atoms with van der Waals surface area (Å²) in [5, 5.41) is 4.53. The predicted octanol–water partition coefficient (Wildman–Crippen LogP) is 2.11. The monoisotopic (exact) mass is 424 g/mol. The molecule has 10 heteroatoms. The van der Waals surface area contributed by atoms with Gasteiger partial charge in [0.2, 0.25) is 0 Å². The second-order valence-corrected chi connectivity index (χ2v) is 7.45. The Kier molecular flexibility index (Phi) is 7.13. The van der Waals surface area contributed by atoms with Gasteiger partial charge in [-0.2, -0.15) is 13.5 Å². The second-order valence-electron chi connectivity index (χ2n) is 5.44. The van der Waals surface area contributed by atoms with Crippen molar-refractivity contribution < 1.29 is 26.9 Å². The van der Waals surface area contributed by atoms with Crippen LogP contribution in [0.3, 0.4) is 0 Å². The molecule has 0 aliphatic carbocycles. The van der Waals surface area contributed by atoms with E-state index < -0.39 is 22.0 Å². The lowest BCUT2D eigenvalue weighted by Crippen LogP contribution is -2.30. The molecule has 0 radical (unpaired) electrons. The summed E-state index contributed by atoms with van der Waals surface area (Å²) in [6.07, 6.45) is 0.937. The first-order valence-corrected chi connectivity index (χ1v) is 10.2. The number of rotatable bonds is 6. The highest BCUT2D eigenvalue weighted by atomic mass is 35.5. The Bertz CT molecular complexity index is 986. The minimum absolute atomic E-state index is 0.0573. The average molecular weight is 425 g/mol. The van der Waals surface area contributed by atoms with Crippen LogP contribution < -0.4 is 9.61 Å². The number of carbonyl (C=O) groups excluding carboxylic acids is 2. The summed E-state index contributed by atoms with van der Waals surface area (Å²) >= 11 is 5.90. The fourth-order valence-corrected chi connectivity index (χ4v) is 2.68. The van der Waals surface area contributed by atoms with Crippen molar-refractivity contribution in [3.63, 3.8) is 0 Å². The lowest BCUT2D eigenvalue weighted by atomic mass is 10.0. The standard InChI is InChI=1S/C18H17ClN2O6S/c1-3-26-18(23)17(22)21-20-16(12-4-8-14(19)9-5-12)13-6-10-15(11-7-13)27-28(2,24)25/h4-11H,3H2,1-2H3,(H,21,22). The molecule has 0 aliphatic rings. The molecule has 1 N–H and O–H groups in total. The van der Waals surface area contributed by atoms with Gasteiger partial charge in [0.1, 0.15) is 5.75 Å². The molecule has 2 aromatic rings. The van der Waals surface area contributed by atoms with Gasteiger partial charge in [0, 0.05) is 16.1 Å². The van der Waals surface area contributed by atoms with E-state index in [-0.39, 0.29) is 12.4 Å². The molecule has 0 fully saturated rings. The highest BCUT2D eigenvalue weighted by Gasteiger charge is 2.15. The number of nitrogens with one attached hydrogen (secondary N) is 1. The van der Waals surface area contributed by atoms with Crippen LogP contribution in [0.15, 0.2) is 53.6 Å². The fraction of sp³-hybridized carbons (Fsp3) is 0.167. The molecule has 2 aromatic carbocycles. The van der Waals surface area contributed by atoms with Gasteiger partial charge in [-0.15, -0.1) is 0 Å². The number of ether oxygens (including phenoxy) is 1. The molecule has 0 atom stereocenters. The Hall–Kier alpha value is -2.91. The average Bonchev–Trinajstić information content (AvgIpc) is 2.63. The summed E-state index contributed by atoms with van der Waals surface area (Å²) in [5.74, 6) is -1.96.